The molecule has 82 valence electrons. The van der Waals surface area contributed by atoms with E-state index in [2.05, 4.69) is 31.9 Å². The number of hydrogen-bond acceptors (Lipinski definition) is 2. The Morgan fingerprint density at radius 3 is 2.87 bits per heavy atom. The van der Waals surface area contributed by atoms with E-state index in [9.17, 15) is 0 Å². The van der Waals surface area contributed by atoms with Crippen LogP contribution in [-0.4, -0.2) is 28.4 Å². The van der Waals surface area contributed by atoms with Crippen LogP contribution in [0.5, 0.6) is 0 Å². The molecule has 1 heterocycles. The Balaban J connectivity index is 1.98. The van der Waals surface area contributed by atoms with Crippen LogP contribution in [0.1, 0.15) is 18.4 Å². The molecule has 0 unspecified atom stereocenters. The Labute approximate surface area is 104 Å². The van der Waals surface area contributed by atoms with Crippen LogP contribution in [-0.2, 0) is 6.54 Å². The third-order valence-electron chi connectivity index (χ3n) is 2.58. The maximum absolute atomic E-state index is 5.80. The van der Waals surface area contributed by atoms with Gasteiger partial charge in [-0.15, -0.1) is 11.6 Å². The van der Waals surface area contributed by atoms with E-state index >= 15 is 0 Å². The lowest BCUT2D eigenvalue weighted by Gasteiger charge is -2.20. The first-order valence-electron chi connectivity index (χ1n) is 5.19. The number of nitrogens with zero attached hydrogens (tertiary/aromatic N) is 2. The lowest BCUT2D eigenvalue weighted by atomic mass is 10.2. The molecule has 0 N–H and O–H groups in total. The molecule has 0 aliphatic heterocycles. The van der Waals surface area contributed by atoms with E-state index in [1.54, 1.807) is 0 Å². The van der Waals surface area contributed by atoms with Gasteiger partial charge in [-0.25, -0.2) is 0 Å². The van der Waals surface area contributed by atoms with E-state index in [-0.39, 0.29) is 0 Å². The van der Waals surface area contributed by atoms with Gasteiger partial charge < -0.3 is 0 Å². The summed E-state index contributed by atoms with van der Waals surface area (Å²) >= 11 is 9.24. The second kappa shape index (κ2) is 5.28. The molecule has 2 rings (SSSR count). The molecule has 2 nitrogen and oxygen atoms in total. The third kappa shape index (κ3) is 3.44. The van der Waals surface area contributed by atoms with Gasteiger partial charge in [0, 0.05) is 41.9 Å². The lowest BCUT2D eigenvalue weighted by molar-refractivity contribution is 0.270. The summed E-state index contributed by atoms with van der Waals surface area (Å²) in [6, 6.07) is 2.87. The van der Waals surface area contributed by atoms with Gasteiger partial charge in [-0.05, 0) is 40.4 Å². The Bertz CT molecular complexity index is 328. The standard InChI is InChI=1S/C11H14BrClN2/c12-10-5-9(6-14-7-10)8-15(4-3-13)11-1-2-11/h5-7,11H,1-4,8H2. The molecule has 0 bridgehead atoms. The van der Waals surface area contributed by atoms with E-state index in [1.807, 2.05) is 12.4 Å². The van der Waals surface area contributed by atoms with Crippen molar-refractivity contribution in [2.45, 2.75) is 25.4 Å². The van der Waals surface area contributed by atoms with Crippen LogP contribution < -0.4 is 0 Å². The molecular weight excluding hydrogens is 275 g/mol. The van der Waals surface area contributed by atoms with E-state index in [0.717, 1.165) is 23.6 Å². The molecule has 0 aromatic carbocycles. The van der Waals surface area contributed by atoms with Gasteiger partial charge >= 0.3 is 0 Å². The van der Waals surface area contributed by atoms with Gasteiger partial charge in [0.05, 0.1) is 0 Å². The molecule has 1 aromatic heterocycles. The summed E-state index contributed by atoms with van der Waals surface area (Å²) < 4.78 is 1.04. The molecule has 0 saturated heterocycles. The Hall–Kier alpha value is -0.120. The van der Waals surface area contributed by atoms with Gasteiger partial charge in [-0.2, -0.15) is 0 Å². The van der Waals surface area contributed by atoms with Gasteiger partial charge in [0.1, 0.15) is 0 Å². The topological polar surface area (TPSA) is 16.1 Å². The molecule has 1 aliphatic rings. The van der Waals surface area contributed by atoms with Gasteiger partial charge in [-0.1, -0.05) is 0 Å². The Kier molecular flexibility index (Phi) is 4.00. The van der Waals surface area contributed by atoms with Crippen molar-refractivity contribution in [2.24, 2.45) is 0 Å². The summed E-state index contributed by atoms with van der Waals surface area (Å²) in [5, 5.41) is 0. The van der Waals surface area contributed by atoms with Crippen molar-refractivity contribution >= 4 is 27.5 Å². The molecule has 4 heteroatoms. The van der Waals surface area contributed by atoms with Crippen molar-refractivity contribution in [3.63, 3.8) is 0 Å². The summed E-state index contributed by atoms with van der Waals surface area (Å²) in [5.74, 6) is 0.706. The number of aromatic nitrogens is 1. The quantitative estimate of drug-likeness (QED) is 0.775. The van der Waals surface area contributed by atoms with Gasteiger partial charge in [0.15, 0.2) is 0 Å². The average Bonchev–Trinajstić information content (AvgIpc) is 3.00. The van der Waals surface area contributed by atoms with Crippen molar-refractivity contribution in [2.75, 3.05) is 12.4 Å². The molecule has 1 aromatic rings. The van der Waals surface area contributed by atoms with E-state index in [4.69, 9.17) is 11.6 Å². The minimum atomic E-state index is 0.706. The minimum absolute atomic E-state index is 0.706. The highest BCUT2D eigenvalue weighted by Crippen LogP contribution is 2.28. The average molecular weight is 290 g/mol. The fourth-order valence-electron chi connectivity index (χ4n) is 1.72. The molecule has 15 heavy (non-hydrogen) atoms. The molecule has 1 aliphatic carbocycles. The highest BCUT2D eigenvalue weighted by molar-refractivity contribution is 9.10. The number of halogens is 2. The maximum Gasteiger partial charge on any atom is 0.0410 e. The van der Waals surface area contributed by atoms with Gasteiger partial charge in [0.25, 0.3) is 0 Å². The fraction of sp³-hybridized carbons (Fsp3) is 0.545. The minimum Gasteiger partial charge on any atom is -0.295 e. The first-order valence-corrected chi connectivity index (χ1v) is 6.52. The maximum atomic E-state index is 5.80. The summed E-state index contributed by atoms with van der Waals surface area (Å²) in [5.41, 5.74) is 1.25. The highest BCUT2D eigenvalue weighted by Gasteiger charge is 2.28. The summed E-state index contributed by atoms with van der Waals surface area (Å²) in [6.07, 6.45) is 6.37. The van der Waals surface area contributed by atoms with Crippen molar-refractivity contribution in [3.8, 4) is 0 Å². The van der Waals surface area contributed by atoms with Crippen molar-refractivity contribution in [1.29, 1.82) is 0 Å². The predicted molar refractivity (Wildman–Crippen MR) is 66.1 cm³/mol. The van der Waals surface area contributed by atoms with E-state index < -0.39 is 0 Å². The second-order valence-electron chi connectivity index (χ2n) is 3.90. The number of hydrogen-bond donors (Lipinski definition) is 0. The number of pyridine rings is 1. The van der Waals surface area contributed by atoms with Crippen LogP contribution in [0, 0.1) is 0 Å². The first kappa shape index (κ1) is 11.4. The highest BCUT2D eigenvalue weighted by atomic mass is 79.9. The predicted octanol–water partition coefficient (Wildman–Crippen LogP) is 3.05. The molecule has 0 atom stereocenters. The normalized spacial score (nSPS) is 15.9. The SMILES string of the molecule is ClCCN(Cc1cncc(Br)c1)C1CC1. The van der Waals surface area contributed by atoms with Crippen molar-refractivity contribution < 1.29 is 0 Å². The Morgan fingerprint density at radius 1 is 1.47 bits per heavy atom. The molecular formula is C11H14BrClN2. The Morgan fingerprint density at radius 2 is 2.27 bits per heavy atom. The summed E-state index contributed by atoms with van der Waals surface area (Å²) in [6.45, 7) is 1.93. The molecule has 0 spiro atoms. The van der Waals surface area contributed by atoms with Crippen LogP contribution in [0.3, 0.4) is 0 Å². The van der Waals surface area contributed by atoms with Crippen molar-refractivity contribution in [1.82, 2.24) is 9.88 Å². The van der Waals surface area contributed by atoms with Gasteiger partial charge in [-0.3, -0.25) is 9.88 Å². The molecule has 0 radical (unpaired) electrons. The molecule has 1 fully saturated rings. The number of rotatable bonds is 5. The van der Waals surface area contributed by atoms with Crippen molar-refractivity contribution in [3.05, 3.63) is 28.5 Å². The lowest BCUT2D eigenvalue weighted by Crippen LogP contribution is -2.27. The number of alkyl halides is 1. The fourth-order valence-corrected chi connectivity index (χ4v) is 2.35. The summed E-state index contributed by atoms with van der Waals surface area (Å²) in [4.78, 5) is 6.61. The van der Waals surface area contributed by atoms with Crippen LogP contribution in [0.4, 0.5) is 0 Å². The summed E-state index contributed by atoms with van der Waals surface area (Å²) in [7, 11) is 0. The zero-order valence-corrected chi connectivity index (χ0v) is 10.8. The molecule has 0 amide bonds. The largest absolute Gasteiger partial charge is 0.295 e. The van der Waals surface area contributed by atoms with Crippen LogP contribution in [0.25, 0.3) is 0 Å². The molecule has 1 saturated carbocycles. The third-order valence-corrected chi connectivity index (χ3v) is 3.18. The first-order chi connectivity index (χ1) is 7.29. The zero-order valence-electron chi connectivity index (χ0n) is 8.50. The monoisotopic (exact) mass is 288 g/mol. The van der Waals surface area contributed by atoms with Crippen LogP contribution >= 0.6 is 27.5 Å². The van der Waals surface area contributed by atoms with E-state index in [0.29, 0.717) is 5.88 Å². The van der Waals surface area contributed by atoms with E-state index in [1.165, 1.54) is 18.4 Å². The second-order valence-corrected chi connectivity index (χ2v) is 5.20. The van der Waals surface area contributed by atoms with Crippen LogP contribution in [0.2, 0.25) is 0 Å². The smallest absolute Gasteiger partial charge is 0.0410 e. The van der Waals surface area contributed by atoms with Crippen LogP contribution in [0.15, 0.2) is 22.9 Å². The van der Waals surface area contributed by atoms with Gasteiger partial charge in [0.2, 0.25) is 0 Å². The zero-order chi connectivity index (χ0) is 10.7.